The molecule has 0 aromatic heterocycles. The van der Waals surface area contributed by atoms with Crippen molar-refractivity contribution in [2.45, 2.75) is 52.1 Å². The van der Waals surface area contributed by atoms with Crippen LogP contribution in [0.5, 0.6) is 11.5 Å². The summed E-state index contributed by atoms with van der Waals surface area (Å²) in [6.07, 6.45) is 6.45. The molecule has 0 spiro atoms. The predicted molar refractivity (Wildman–Crippen MR) is 103 cm³/mol. The molecule has 2 aromatic rings. The Hall–Kier alpha value is -2.80. The van der Waals surface area contributed by atoms with Crippen LogP contribution in [0.4, 0.5) is 4.39 Å². The fourth-order valence-corrected chi connectivity index (χ4v) is 3.74. The molecule has 0 aliphatic carbocycles. The van der Waals surface area contributed by atoms with Gasteiger partial charge in [-0.05, 0) is 56.4 Å². The smallest absolute Gasteiger partial charge is 0.343 e. The van der Waals surface area contributed by atoms with Gasteiger partial charge in [0.05, 0.1) is 11.1 Å². The van der Waals surface area contributed by atoms with Crippen molar-refractivity contribution in [2.75, 3.05) is 0 Å². The molecule has 0 saturated heterocycles. The molecule has 0 atom stereocenters. The first-order valence-corrected chi connectivity index (χ1v) is 8.85. The summed E-state index contributed by atoms with van der Waals surface area (Å²) in [6, 6.07) is 7.67. The van der Waals surface area contributed by atoms with Crippen molar-refractivity contribution in [1.82, 2.24) is 0 Å². The number of hydrogen-bond acceptors (Lipinski definition) is 3. The predicted octanol–water partition coefficient (Wildman–Crippen LogP) is 5.17. The number of benzene rings is 2. The lowest BCUT2D eigenvalue weighted by Crippen LogP contribution is -2.41. The molecule has 1 heterocycles. The van der Waals surface area contributed by atoms with E-state index in [4.69, 9.17) is 15.9 Å². The zero-order chi connectivity index (χ0) is 20.0. The minimum absolute atomic E-state index is 0.153. The molecule has 0 saturated carbocycles. The molecule has 0 bridgehead atoms. The molecule has 0 radical (unpaired) electrons. The summed E-state index contributed by atoms with van der Waals surface area (Å²) in [4.78, 5) is 12.6. The van der Waals surface area contributed by atoms with Crippen molar-refractivity contribution in [1.29, 1.82) is 0 Å². The highest BCUT2D eigenvalue weighted by atomic mass is 19.1. The maximum atomic E-state index is 13.7. The second-order valence-electron chi connectivity index (χ2n) is 8.27. The van der Waals surface area contributed by atoms with Crippen LogP contribution in [0.25, 0.3) is 0 Å². The first kappa shape index (κ1) is 19.0. The summed E-state index contributed by atoms with van der Waals surface area (Å²) >= 11 is 0. The Bertz CT molecular complexity index is 964. The summed E-state index contributed by atoms with van der Waals surface area (Å²) in [5, 5.41) is 0. The highest BCUT2D eigenvalue weighted by Crippen LogP contribution is 2.46. The minimum Gasteiger partial charge on any atom is -0.486 e. The molecule has 0 N–H and O–H groups in total. The number of hydrogen-bond donors (Lipinski definition) is 0. The normalized spacial score (nSPS) is 16.6. The van der Waals surface area contributed by atoms with Gasteiger partial charge in [0.15, 0.2) is 0 Å². The lowest BCUT2D eigenvalue weighted by Gasteiger charge is -2.43. The van der Waals surface area contributed by atoms with E-state index in [1.807, 2.05) is 13.8 Å². The van der Waals surface area contributed by atoms with E-state index in [1.54, 1.807) is 31.2 Å². The van der Waals surface area contributed by atoms with E-state index in [0.717, 1.165) is 12.0 Å². The number of rotatable bonds is 2. The third kappa shape index (κ3) is 3.68. The number of carbonyl (C=O) groups excluding carboxylic acids is 1. The summed E-state index contributed by atoms with van der Waals surface area (Å²) in [7, 11) is 0. The van der Waals surface area contributed by atoms with Crippen molar-refractivity contribution >= 4 is 5.97 Å². The monoisotopic (exact) mass is 366 g/mol. The molecular formula is C23H23FO3. The highest BCUT2D eigenvalue weighted by Gasteiger charge is 2.40. The van der Waals surface area contributed by atoms with Crippen molar-refractivity contribution in [2.24, 2.45) is 0 Å². The number of fused-ring (bicyclic) bond motifs is 1. The largest absolute Gasteiger partial charge is 0.486 e. The molecule has 0 fully saturated rings. The van der Waals surface area contributed by atoms with E-state index >= 15 is 0 Å². The fourth-order valence-electron chi connectivity index (χ4n) is 3.74. The van der Waals surface area contributed by atoms with Gasteiger partial charge in [0.2, 0.25) is 0 Å². The first-order chi connectivity index (χ1) is 12.5. The van der Waals surface area contributed by atoms with Crippen LogP contribution in [0.3, 0.4) is 0 Å². The number of terminal acetylenes is 1. The molecule has 27 heavy (non-hydrogen) atoms. The molecule has 140 valence electrons. The SMILES string of the molecule is C#Cc1cc(C(=O)Oc2ccc(C)c(F)c2)cc2c1OC(C)(C)CC2(C)C. The summed E-state index contributed by atoms with van der Waals surface area (Å²) in [5.74, 6) is 2.39. The average Bonchev–Trinajstić information content (AvgIpc) is 2.55. The van der Waals surface area contributed by atoms with Gasteiger partial charge in [0.25, 0.3) is 0 Å². The lowest BCUT2D eigenvalue weighted by molar-refractivity contribution is 0.0529. The molecule has 3 rings (SSSR count). The van der Waals surface area contributed by atoms with Gasteiger partial charge in [-0.15, -0.1) is 6.42 Å². The Balaban J connectivity index is 2.01. The Labute approximate surface area is 159 Å². The van der Waals surface area contributed by atoms with Crippen molar-refractivity contribution in [3.63, 3.8) is 0 Å². The van der Waals surface area contributed by atoms with E-state index in [-0.39, 0.29) is 16.8 Å². The third-order valence-corrected chi connectivity index (χ3v) is 4.81. The molecule has 1 aliphatic rings. The van der Waals surface area contributed by atoms with Crippen molar-refractivity contribution in [3.05, 3.63) is 58.4 Å². The molecule has 0 amide bonds. The second kappa shape index (κ2) is 6.42. The van der Waals surface area contributed by atoms with Crippen LogP contribution in [0, 0.1) is 25.1 Å². The molecular weight excluding hydrogens is 343 g/mol. The quantitative estimate of drug-likeness (QED) is 0.418. The molecule has 2 aromatic carbocycles. The van der Waals surface area contributed by atoms with Gasteiger partial charge in [-0.2, -0.15) is 0 Å². The molecule has 3 nitrogen and oxygen atoms in total. The van der Waals surface area contributed by atoms with Crippen LogP contribution >= 0.6 is 0 Å². The third-order valence-electron chi connectivity index (χ3n) is 4.81. The fraction of sp³-hybridized carbons (Fsp3) is 0.348. The van der Waals surface area contributed by atoms with Gasteiger partial charge in [0.1, 0.15) is 22.9 Å². The number of ether oxygens (including phenoxy) is 2. The Morgan fingerprint density at radius 3 is 2.56 bits per heavy atom. The summed E-state index contributed by atoms with van der Waals surface area (Å²) in [5.41, 5.74) is 1.60. The van der Waals surface area contributed by atoms with Crippen LogP contribution in [0.1, 0.15) is 61.2 Å². The van der Waals surface area contributed by atoms with Crippen LogP contribution in [0.15, 0.2) is 30.3 Å². The van der Waals surface area contributed by atoms with E-state index in [2.05, 4.69) is 19.8 Å². The first-order valence-electron chi connectivity index (χ1n) is 8.85. The highest BCUT2D eigenvalue weighted by molar-refractivity contribution is 5.92. The minimum atomic E-state index is -0.585. The molecule has 0 unspecified atom stereocenters. The Morgan fingerprint density at radius 1 is 1.22 bits per heavy atom. The Kier molecular flexibility index (Phi) is 4.51. The molecule has 4 heteroatoms. The van der Waals surface area contributed by atoms with Gasteiger partial charge >= 0.3 is 5.97 Å². The topological polar surface area (TPSA) is 35.5 Å². The zero-order valence-corrected chi connectivity index (χ0v) is 16.3. The number of carbonyl (C=O) groups is 1. The van der Waals surface area contributed by atoms with Gasteiger partial charge in [-0.1, -0.05) is 25.8 Å². The van der Waals surface area contributed by atoms with Gasteiger partial charge < -0.3 is 9.47 Å². The zero-order valence-electron chi connectivity index (χ0n) is 16.3. The molecule has 1 aliphatic heterocycles. The van der Waals surface area contributed by atoms with Crippen LogP contribution in [-0.2, 0) is 5.41 Å². The van der Waals surface area contributed by atoms with Gasteiger partial charge in [0, 0.05) is 11.6 Å². The Morgan fingerprint density at radius 2 is 1.93 bits per heavy atom. The standard InChI is InChI=1S/C23H23FO3/c1-7-15-10-16(21(25)26-17-9-8-14(2)19(24)12-17)11-18-20(15)27-23(5,6)13-22(18,3)4/h1,8-12H,13H2,2-6H3. The summed E-state index contributed by atoms with van der Waals surface area (Å²) < 4.78 is 25.2. The van der Waals surface area contributed by atoms with Crippen molar-refractivity contribution in [3.8, 4) is 23.8 Å². The van der Waals surface area contributed by atoms with Crippen LogP contribution in [0.2, 0.25) is 0 Å². The van der Waals surface area contributed by atoms with E-state index < -0.39 is 11.8 Å². The van der Waals surface area contributed by atoms with Crippen LogP contribution in [-0.4, -0.2) is 11.6 Å². The number of esters is 1. The van der Waals surface area contributed by atoms with E-state index in [9.17, 15) is 9.18 Å². The number of halogens is 1. The van der Waals surface area contributed by atoms with Gasteiger partial charge in [-0.3, -0.25) is 0 Å². The van der Waals surface area contributed by atoms with E-state index in [0.29, 0.717) is 22.4 Å². The summed E-state index contributed by atoms with van der Waals surface area (Å²) in [6.45, 7) is 9.88. The lowest BCUT2D eigenvalue weighted by atomic mass is 9.72. The van der Waals surface area contributed by atoms with Crippen molar-refractivity contribution < 1.29 is 18.7 Å². The second-order valence-corrected chi connectivity index (χ2v) is 8.27. The maximum absolute atomic E-state index is 13.7. The van der Waals surface area contributed by atoms with E-state index in [1.165, 1.54) is 6.07 Å². The van der Waals surface area contributed by atoms with Crippen LogP contribution < -0.4 is 9.47 Å². The van der Waals surface area contributed by atoms with Gasteiger partial charge in [-0.25, -0.2) is 9.18 Å². The maximum Gasteiger partial charge on any atom is 0.343 e. The average molecular weight is 366 g/mol. The number of aryl methyl sites for hydroxylation is 1.